The van der Waals surface area contributed by atoms with Crippen LogP contribution in [0.4, 0.5) is 4.79 Å². The standard InChI is InChI=1S/C3H4N2O2Se/c6-1-2(8)5-3(7)4-1/h2,8H,(H2,4,5,6,7). The first kappa shape index (κ1) is 5.59. The molecule has 0 aromatic carbocycles. The van der Waals surface area contributed by atoms with Gasteiger partial charge in [-0.05, 0) is 0 Å². The van der Waals surface area contributed by atoms with Gasteiger partial charge >= 0.3 is 53.1 Å². The van der Waals surface area contributed by atoms with Crippen molar-refractivity contribution in [2.45, 2.75) is 4.94 Å². The minimum atomic E-state index is -0.421. The Morgan fingerprint density at radius 3 is 2.25 bits per heavy atom. The maximum atomic E-state index is 10.4. The summed E-state index contributed by atoms with van der Waals surface area (Å²) in [6.07, 6.45) is 0. The average molecular weight is 179 g/mol. The van der Waals surface area contributed by atoms with E-state index < -0.39 is 11.0 Å². The molecule has 0 saturated carbocycles. The van der Waals surface area contributed by atoms with Crippen molar-refractivity contribution in [1.29, 1.82) is 0 Å². The molecule has 3 amide bonds. The third-order valence-corrected chi connectivity index (χ3v) is 1.52. The number of hydrogen-bond donors (Lipinski definition) is 2. The molecule has 8 heavy (non-hydrogen) atoms. The number of nitrogens with one attached hydrogen (secondary N) is 2. The summed E-state index contributed by atoms with van der Waals surface area (Å²) in [5.74, 6) is -0.282. The van der Waals surface area contributed by atoms with Gasteiger partial charge in [0.2, 0.25) is 0 Å². The number of rotatable bonds is 0. The molecule has 44 valence electrons. The Morgan fingerprint density at radius 1 is 1.50 bits per heavy atom. The van der Waals surface area contributed by atoms with E-state index in [9.17, 15) is 9.59 Å². The fourth-order valence-corrected chi connectivity index (χ4v) is 0.787. The van der Waals surface area contributed by atoms with Gasteiger partial charge < -0.3 is 0 Å². The van der Waals surface area contributed by atoms with Gasteiger partial charge in [0.05, 0.1) is 0 Å². The van der Waals surface area contributed by atoms with Crippen LogP contribution < -0.4 is 10.6 Å². The summed E-state index contributed by atoms with van der Waals surface area (Å²) in [5, 5.41) is 4.40. The van der Waals surface area contributed by atoms with Gasteiger partial charge in [-0.3, -0.25) is 0 Å². The van der Waals surface area contributed by atoms with Crippen molar-refractivity contribution >= 4 is 28.0 Å². The van der Waals surface area contributed by atoms with Crippen molar-refractivity contribution in [3.8, 4) is 0 Å². The van der Waals surface area contributed by atoms with Gasteiger partial charge in [0, 0.05) is 0 Å². The van der Waals surface area contributed by atoms with Crippen LogP contribution in [-0.4, -0.2) is 32.9 Å². The van der Waals surface area contributed by atoms with E-state index in [-0.39, 0.29) is 5.91 Å². The molecule has 2 N–H and O–H groups in total. The number of amides is 3. The maximum absolute atomic E-state index is 10.4. The monoisotopic (exact) mass is 180 g/mol. The second-order valence-corrected chi connectivity index (χ2v) is 2.45. The summed E-state index contributed by atoms with van der Waals surface area (Å²) in [5.41, 5.74) is 0. The second kappa shape index (κ2) is 1.76. The molecule has 4 nitrogen and oxygen atoms in total. The predicted octanol–water partition coefficient (Wildman–Crippen LogP) is -1.95. The topological polar surface area (TPSA) is 58.2 Å². The molecular formula is C3H4N2O2Se. The molecule has 1 atom stereocenters. The van der Waals surface area contributed by atoms with Gasteiger partial charge in [0.25, 0.3) is 0 Å². The Kier molecular flexibility index (Phi) is 1.23. The molecular weight excluding hydrogens is 175 g/mol. The first-order chi connectivity index (χ1) is 3.70. The number of imide groups is 1. The van der Waals surface area contributed by atoms with E-state index in [2.05, 4.69) is 26.6 Å². The Labute approximate surface area is 53.8 Å². The summed E-state index contributed by atoms with van der Waals surface area (Å²) in [7, 11) is 0. The molecule has 0 bridgehead atoms. The van der Waals surface area contributed by atoms with Gasteiger partial charge in [-0.2, -0.15) is 0 Å². The van der Waals surface area contributed by atoms with Gasteiger partial charge in [-0.15, -0.1) is 0 Å². The van der Waals surface area contributed by atoms with Crippen LogP contribution in [0.25, 0.3) is 0 Å². The van der Waals surface area contributed by atoms with Crippen LogP contribution in [0.15, 0.2) is 0 Å². The van der Waals surface area contributed by atoms with Gasteiger partial charge in [0.1, 0.15) is 0 Å². The Hall–Kier alpha value is -0.541. The van der Waals surface area contributed by atoms with Crippen molar-refractivity contribution in [2.24, 2.45) is 0 Å². The molecule has 0 spiro atoms. The zero-order valence-corrected chi connectivity index (χ0v) is 5.72. The molecule has 1 aliphatic rings. The van der Waals surface area contributed by atoms with Gasteiger partial charge in [-0.1, -0.05) is 0 Å². The van der Waals surface area contributed by atoms with Crippen LogP contribution in [0.5, 0.6) is 0 Å². The fourth-order valence-electron chi connectivity index (χ4n) is 0.406. The third-order valence-electron chi connectivity index (χ3n) is 0.753. The normalized spacial score (nSPS) is 27.4. The molecule has 0 aliphatic carbocycles. The number of carbonyl (C=O) groups excluding carboxylic acids is 2. The zero-order chi connectivity index (χ0) is 6.15. The van der Waals surface area contributed by atoms with Crippen molar-refractivity contribution in [1.82, 2.24) is 10.6 Å². The van der Waals surface area contributed by atoms with E-state index in [0.29, 0.717) is 0 Å². The molecule has 0 radical (unpaired) electrons. The van der Waals surface area contributed by atoms with E-state index in [1.165, 1.54) is 0 Å². The van der Waals surface area contributed by atoms with E-state index in [1.54, 1.807) is 0 Å². The minimum absolute atomic E-state index is 0.282. The first-order valence-corrected chi connectivity index (χ1v) is 3.08. The Morgan fingerprint density at radius 2 is 2.12 bits per heavy atom. The molecule has 1 rings (SSSR count). The summed E-state index contributed by atoms with van der Waals surface area (Å²) < 4.78 is 0. The van der Waals surface area contributed by atoms with Crippen LogP contribution in [0, 0.1) is 0 Å². The van der Waals surface area contributed by atoms with E-state index in [4.69, 9.17) is 0 Å². The van der Waals surface area contributed by atoms with Crippen LogP contribution >= 0.6 is 0 Å². The van der Waals surface area contributed by atoms with Crippen molar-refractivity contribution in [3.63, 3.8) is 0 Å². The summed E-state index contributed by atoms with van der Waals surface area (Å²) in [6.45, 7) is 0. The zero-order valence-electron chi connectivity index (χ0n) is 3.84. The summed E-state index contributed by atoms with van der Waals surface area (Å²) >= 11 is 2.05. The summed E-state index contributed by atoms with van der Waals surface area (Å²) in [4.78, 5) is 20.2. The molecule has 1 fully saturated rings. The van der Waals surface area contributed by atoms with Crippen molar-refractivity contribution < 1.29 is 9.59 Å². The molecule has 0 aromatic heterocycles. The number of hydrogen-bond acceptors (Lipinski definition) is 2. The van der Waals surface area contributed by atoms with E-state index in [0.717, 1.165) is 0 Å². The Bertz CT molecular complexity index is 146. The number of urea groups is 1. The van der Waals surface area contributed by atoms with E-state index in [1.807, 2.05) is 0 Å². The average Bonchev–Trinajstić information content (AvgIpc) is 1.85. The van der Waals surface area contributed by atoms with E-state index >= 15 is 0 Å². The molecule has 1 saturated heterocycles. The van der Waals surface area contributed by atoms with Gasteiger partial charge in [-0.25, -0.2) is 0 Å². The van der Waals surface area contributed by atoms with Crippen molar-refractivity contribution in [2.75, 3.05) is 0 Å². The van der Waals surface area contributed by atoms with Gasteiger partial charge in [0.15, 0.2) is 0 Å². The third kappa shape index (κ3) is 0.827. The van der Waals surface area contributed by atoms with Crippen LogP contribution in [0.2, 0.25) is 0 Å². The molecule has 5 heteroatoms. The van der Waals surface area contributed by atoms with Crippen LogP contribution in [0.1, 0.15) is 0 Å². The van der Waals surface area contributed by atoms with Crippen LogP contribution in [-0.2, 0) is 4.79 Å². The Balaban J connectivity index is 2.64. The molecule has 1 aliphatic heterocycles. The molecule has 0 aromatic rings. The molecule has 1 heterocycles. The number of carbonyl (C=O) groups is 2. The second-order valence-electron chi connectivity index (χ2n) is 1.37. The first-order valence-electron chi connectivity index (χ1n) is 1.99. The SMILES string of the molecule is O=C1NC(=O)C([SeH])N1. The van der Waals surface area contributed by atoms with Crippen LogP contribution in [0.3, 0.4) is 0 Å². The van der Waals surface area contributed by atoms with Crippen molar-refractivity contribution in [3.05, 3.63) is 0 Å². The fraction of sp³-hybridized carbons (Fsp3) is 0.333. The quantitative estimate of drug-likeness (QED) is 0.335. The molecule has 1 unspecified atom stereocenters. The summed E-state index contributed by atoms with van der Waals surface area (Å²) in [6, 6.07) is -0.416. The predicted molar refractivity (Wildman–Crippen MR) is 27.6 cm³/mol.